The molecule has 5 heterocycles. The monoisotopic (exact) mass is 765 g/mol. The molecule has 57 heavy (non-hydrogen) atoms. The Bertz CT molecular complexity index is 3540. The van der Waals surface area contributed by atoms with Gasteiger partial charge in [-0.05, 0) is 36.4 Å². The molecule has 0 saturated carbocycles. The lowest BCUT2D eigenvalue weighted by atomic mass is 10.1. The maximum atomic E-state index is 6.81. The molecule has 0 fully saturated rings. The molecule has 12 aromatic rings. The standard InChI is InChI=1S/C49H27N5OS2/c1-3-13-28(14-4-1)41-45-42(35-18-8-10-24-40(35)57-45)51-47(50-41)30-25-26-31-33-19-11-21-36(43(33)55-38(31)27-30)48-52-46(29-15-5-2-6-16-29)53-49(54-48)37-22-12-20-34-32-17-7-9-23-39(32)56-44(34)37/h1-27H. The van der Waals surface area contributed by atoms with Gasteiger partial charge in [-0.15, -0.1) is 22.7 Å². The van der Waals surface area contributed by atoms with Gasteiger partial charge in [-0.25, -0.2) is 24.9 Å². The minimum Gasteiger partial charge on any atom is -0.455 e. The Morgan fingerprint density at radius 3 is 1.77 bits per heavy atom. The fourth-order valence-corrected chi connectivity index (χ4v) is 10.2. The Balaban J connectivity index is 1.04. The summed E-state index contributed by atoms with van der Waals surface area (Å²) in [4.78, 5) is 25.8. The largest absolute Gasteiger partial charge is 0.455 e. The van der Waals surface area contributed by atoms with E-state index in [0.717, 1.165) is 70.2 Å². The number of nitrogens with zero attached hydrogens (tertiary/aromatic N) is 5. The number of hydrogen-bond acceptors (Lipinski definition) is 8. The molecule has 0 amide bonds. The third-order valence-electron chi connectivity index (χ3n) is 10.6. The summed E-state index contributed by atoms with van der Waals surface area (Å²) in [6, 6.07) is 56.2. The lowest BCUT2D eigenvalue weighted by Gasteiger charge is -2.09. The molecule has 6 nitrogen and oxygen atoms in total. The minimum absolute atomic E-state index is 0.549. The molecule has 0 aliphatic heterocycles. The van der Waals surface area contributed by atoms with Gasteiger partial charge in [0.1, 0.15) is 11.2 Å². The van der Waals surface area contributed by atoms with Gasteiger partial charge in [-0.1, -0.05) is 127 Å². The van der Waals surface area contributed by atoms with Gasteiger partial charge in [-0.2, -0.15) is 0 Å². The predicted molar refractivity (Wildman–Crippen MR) is 236 cm³/mol. The van der Waals surface area contributed by atoms with Gasteiger partial charge in [0.05, 0.1) is 21.5 Å². The van der Waals surface area contributed by atoms with Crippen molar-refractivity contribution in [2.45, 2.75) is 0 Å². The predicted octanol–water partition coefficient (Wildman–Crippen LogP) is 13.6. The molecule has 0 bridgehead atoms. The molecule has 0 atom stereocenters. The number of aromatic nitrogens is 5. The second kappa shape index (κ2) is 12.7. The third-order valence-corrected chi connectivity index (χ3v) is 13.0. The third kappa shape index (κ3) is 5.19. The lowest BCUT2D eigenvalue weighted by molar-refractivity contribution is 0.669. The van der Waals surface area contributed by atoms with Crippen molar-refractivity contribution < 1.29 is 4.42 Å². The highest BCUT2D eigenvalue weighted by Crippen LogP contribution is 2.43. The zero-order chi connectivity index (χ0) is 37.5. The summed E-state index contributed by atoms with van der Waals surface area (Å²) in [5, 5.41) is 5.52. The zero-order valence-corrected chi connectivity index (χ0v) is 31.7. The van der Waals surface area contributed by atoms with Crippen molar-refractivity contribution >= 4 is 85.1 Å². The quantitative estimate of drug-likeness (QED) is 0.174. The Morgan fingerprint density at radius 1 is 0.368 bits per heavy atom. The Kier molecular flexibility index (Phi) is 7.17. The van der Waals surface area contributed by atoms with Gasteiger partial charge in [0.15, 0.2) is 23.3 Å². The van der Waals surface area contributed by atoms with Crippen molar-refractivity contribution in [1.82, 2.24) is 24.9 Å². The zero-order valence-electron chi connectivity index (χ0n) is 30.0. The lowest BCUT2D eigenvalue weighted by Crippen LogP contribution is -2.00. The average Bonchev–Trinajstić information content (AvgIpc) is 3.97. The van der Waals surface area contributed by atoms with E-state index < -0.39 is 0 Å². The fraction of sp³-hybridized carbons (Fsp3) is 0. The van der Waals surface area contributed by atoms with E-state index in [4.69, 9.17) is 29.3 Å². The van der Waals surface area contributed by atoms with Gasteiger partial charge in [0.25, 0.3) is 0 Å². The summed E-state index contributed by atoms with van der Waals surface area (Å²) in [6.45, 7) is 0. The minimum atomic E-state index is 0.549. The first kappa shape index (κ1) is 32.1. The first-order chi connectivity index (χ1) is 28.2. The maximum absolute atomic E-state index is 6.81. The summed E-state index contributed by atoms with van der Waals surface area (Å²) in [6.07, 6.45) is 0. The van der Waals surface area contributed by atoms with Gasteiger partial charge >= 0.3 is 0 Å². The average molecular weight is 766 g/mol. The molecule has 0 aliphatic carbocycles. The second-order valence-corrected chi connectivity index (χ2v) is 16.1. The van der Waals surface area contributed by atoms with E-state index in [0.29, 0.717) is 28.9 Å². The Morgan fingerprint density at radius 2 is 0.965 bits per heavy atom. The molecule has 0 radical (unpaired) electrons. The molecule has 0 N–H and O–H groups in total. The van der Waals surface area contributed by atoms with Crippen LogP contribution < -0.4 is 0 Å². The van der Waals surface area contributed by atoms with Crippen LogP contribution in [0.3, 0.4) is 0 Å². The fourth-order valence-electron chi connectivity index (χ4n) is 7.88. The number of para-hydroxylation sites is 1. The SMILES string of the molecule is c1ccc(-c2nc(-c3cccc4c3oc3cc(-c5nc(-c6ccccc6)c6sc7ccccc7c6n5)ccc34)nc(-c3cccc4c3sc3ccccc34)n2)cc1. The van der Waals surface area contributed by atoms with Crippen LogP contribution in [-0.2, 0) is 0 Å². The molecule has 8 heteroatoms. The van der Waals surface area contributed by atoms with Crippen molar-refractivity contribution in [3.8, 4) is 56.8 Å². The molecule has 0 unspecified atom stereocenters. The highest BCUT2D eigenvalue weighted by Gasteiger charge is 2.21. The number of thiophene rings is 2. The molecule has 7 aromatic carbocycles. The summed E-state index contributed by atoms with van der Waals surface area (Å²) >= 11 is 3.50. The molecule has 0 spiro atoms. The maximum Gasteiger partial charge on any atom is 0.167 e. The van der Waals surface area contributed by atoms with Crippen LogP contribution in [0.15, 0.2) is 168 Å². The van der Waals surface area contributed by atoms with Crippen LogP contribution in [0.2, 0.25) is 0 Å². The molecule has 266 valence electrons. The molecular weight excluding hydrogens is 739 g/mol. The number of furan rings is 1. The van der Waals surface area contributed by atoms with Crippen molar-refractivity contribution in [3.63, 3.8) is 0 Å². The first-order valence-corrected chi connectivity index (χ1v) is 20.3. The van der Waals surface area contributed by atoms with Crippen molar-refractivity contribution in [2.24, 2.45) is 0 Å². The van der Waals surface area contributed by atoms with Gasteiger partial charge < -0.3 is 4.42 Å². The van der Waals surface area contributed by atoms with Crippen LogP contribution in [-0.4, -0.2) is 24.9 Å². The van der Waals surface area contributed by atoms with Crippen LogP contribution in [0.5, 0.6) is 0 Å². The van der Waals surface area contributed by atoms with Gasteiger partial charge in [0, 0.05) is 63.3 Å². The Hall–Kier alpha value is -7.13. The van der Waals surface area contributed by atoms with Crippen molar-refractivity contribution in [2.75, 3.05) is 0 Å². The van der Waals surface area contributed by atoms with E-state index in [1.165, 1.54) is 20.2 Å². The molecular formula is C49H27N5OS2. The highest BCUT2D eigenvalue weighted by atomic mass is 32.1. The van der Waals surface area contributed by atoms with Crippen molar-refractivity contribution in [3.05, 3.63) is 164 Å². The summed E-state index contributed by atoms with van der Waals surface area (Å²) in [5.41, 5.74) is 7.95. The number of fused-ring (bicyclic) bond motifs is 9. The second-order valence-electron chi connectivity index (χ2n) is 14.0. The topological polar surface area (TPSA) is 77.6 Å². The van der Waals surface area contributed by atoms with E-state index >= 15 is 0 Å². The van der Waals surface area contributed by atoms with Gasteiger partial charge in [-0.3, -0.25) is 0 Å². The summed E-state index contributed by atoms with van der Waals surface area (Å²) in [5.74, 6) is 2.42. The molecule has 5 aromatic heterocycles. The van der Waals surface area contributed by atoms with E-state index in [-0.39, 0.29) is 0 Å². The van der Waals surface area contributed by atoms with E-state index in [9.17, 15) is 0 Å². The smallest absolute Gasteiger partial charge is 0.167 e. The molecule has 0 saturated heterocycles. The van der Waals surface area contributed by atoms with Crippen LogP contribution >= 0.6 is 22.7 Å². The van der Waals surface area contributed by atoms with Crippen LogP contribution in [0.1, 0.15) is 0 Å². The normalized spacial score (nSPS) is 11.9. The van der Waals surface area contributed by atoms with Crippen LogP contribution in [0.4, 0.5) is 0 Å². The number of benzene rings is 7. The van der Waals surface area contributed by atoms with E-state index in [1.54, 1.807) is 22.7 Å². The van der Waals surface area contributed by atoms with E-state index in [1.807, 2.05) is 48.5 Å². The van der Waals surface area contributed by atoms with Gasteiger partial charge in [0.2, 0.25) is 0 Å². The van der Waals surface area contributed by atoms with Crippen molar-refractivity contribution in [1.29, 1.82) is 0 Å². The highest BCUT2D eigenvalue weighted by molar-refractivity contribution is 7.26. The molecule has 0 aliphatic rings. The Labute approximate surface area is 333 Å². The molecule has 12 rings (SSSR count). The van der Waals surface area contributed by atoms with E-state index in [2.05, 4.69) is 115 Å². The van der Waals surface area contributed by atoms with Crippen LogP contribution in [0.25, 0.3) is 119 Å². The summed E-state index contributed by atoms with van der Waals surface area (Å²) in [7, 11) is 0. The summed E-state index contributed by atoms with van der Waals surface area (Å²) < 4.78 is 11.5. The number of rotatable bonds is 5. The van der Waals surface area contributed by atoms with Crippen LogP contribution in [0, 0.1) is 0 Å². The number of hydrogen-bond donors (Lipinski definition) is 0. The first-order valence-electron chi connectivity index (χ1n) is 18.7.